The minimum atomic E-state index is -0.799. The molecule has 4 nitrogen and oxygen atoms in total. The van der Waals surface area contributed by atoms with E-state index in [0.29, 0.717) is 17.6 Å². The summed E-state index contributed by atoms with van der Waals surface area (Å²) < 4.78 is 6.45. The molecule has 0 spiro atoms. The molecule has 0 aromatic heterocycles. The highest BCUT2D eigenvalue weighted by molar-refractivity contribution is 5.67. The second-order valence-corrected chi connectivity index (χ2v) is 7.76. The van der Waals surface area contributed by atoms with Gasteiger partial charge in [0.05, 0.1) is 34.2 Å². The molecule has 0 aromatic carbocycles. The summed E-state index contributed by atoms with van der Waals surface area (Å²) >= 11 is 0. The number of carbonyl (C=O) groups is 1. The molecular formula is C21H40NO3+. The van der Waals surface area contributed by atoms with E-state index in [2.05, 4.69) is 31.2 Å². The van der Waals surface area contributed by atoms with Crippen LogP contribution in [0.3, 0.4) is 0 Å². The van der Waals surface area contributed by atoms with Crippen molar-refractivity contribution in [3.63, 3.8) is 0 Å². The third kappa shape index (κ3) is 19.0. The van der Waals surface area contributed by atoms with E-state index < -0.39 is 5.97 Å². The van der Waals surface area contributed by atoms with Crippen LogP contribution in [-0.4, -0.2) is 56.0 Å². The molecule has 1 N–H and O–H groups in total. The zero-order chi connectivity index (χ0) is 19.0. The number of likely N-dealkylation sites (N-methyl/N-ethyl adjacent to an activating group) is 1. The van der Waals surface area contributed by atoms with Crippen molar-refractivity contribution in [3.8, 4) is 0 Å². The SMILES string of the molecule is CCCCCCCCC=CC=CCCO[C@H](CC(=O)O)C[N+](C)(C)C. The van der Waals surface area contributed by atoms with Gasteiger partial charge < -0.3 is 14.3 Å². The molecule has 0 aliphatic rings. The summed E-state index contributed by atoms with van der Waals surface area (Å²) in [5.74, 6) is -0.799. The fourth-order valence-corrected chi connectivity index (χ4v) is 2.68. The molecule has 0 bridgehead atoms. The quantitative estimate of drug-likeness (QED) is 0.246. The lowest BCUT2D eigenvalue weighted by Gasteiger charge is -2.28. The molecule has 0 radical (unpaired) electrons. The van der Waals surface area contributed by atoms with Crippen LogP contribution in [-0.2, 0) is 9.53 Å². The van der Waals surface area contributed by atoms with E-state index in [1.807, 2.05) is 21.1 Å². The molecule has 0 heterocycles. The smallest absolute Gasteiger partial charge is 0.306 e. The summed E-state index contributed by atoms with van der Waals surface area (Å²) in [6.07, 6.45) is 18.3. The molecule has 146 valence electrons. The van der Waals surface area contributed by atoms with E-state index in [-0.39, 0.29) is 12.5 Å². The van der Waals surface area contributed by atoms with Crippen LogP contribution in [0.5, 0.6) is 0 Å². The van der Waals surface area contributed by atoms with Crippen molar-refractivity contribution in [2.45, 2.75) is 70.8 Å². The van der Waals surface area contributed by atoms with Gasteiger partial charge in [-0.1, -0.05) is 63.3 Å². The Morgan fingerprint density at radius 1 is 1.00 bits per heavy atom. The van der Waals surface area contributed by atoms with Gasteiger partial charge in [0.1, 0.15) is 12.6 Å². The highest BCUT2D eigenvalue weighted by Crippen LogP contribution is 2.07. The van der Waals surface area contributed by atoms with Crippen molar-refractivity contribution in [2.75, 3.05) is 34.3 Å². The fraction of sp³-hybridized carbons (Fsp3) is 0.762. The van der Waals surface area contributed by atoms with Crippen LogP contribution >= 0.6 is 0 Å². The number of aliphatic carboxylic acids is 1. The summed E-state index contributed by atoms with van der Waals surface area (Å²) in [7, 11) is 6.14. The van der Waals surface area contributed by atoms with Gasteiger partial charge >= 0.3 is 5.97 Å². The number of allylic oxidation sites excluding steroid dienone is 3. The molecule has 0 aromatic rings. The van der Waals surface area contributed by atoms with E-state index in [1.165, 1.54) is 38.5 Å². The number of unbranched alkanes of at least 4 members (excludes halogenated alkanes) is 6. The monoisotopic (exact) mass is 354 g/mol. The largest absolute Gasteiger partial charge is 0.481 e. The lowest BCUT2D eigenvalue weighted by Crippen LogP contribution is -2.43. The van der Waals surface area contributed by atoms with E-state index >= 15 is 0 Å². The number of carboxylic acids is 1. The Balaban J connectivity index is 3.76. The molecule has 0 saturated heterocycles. The number of hydrogen-bond donors (Lipinski definition) is 1. The van der Waals surface area contributed by atoms with E-state index in [0.717, 1.165) is 12.8 Å². The van der Waals surface area contributed by atoms with Crippen molar-refractivity contribution in [2.24, 2.45) is 0 Å². The summed E-state index contributed by atoms with van der Waals surface area (Å²) in [5.41, 5.74) is 0. The van der Waals surface area contributed by atoms with Crippen LogP contribution in [0.4, 0.5) is 0 Å². The van der Waals surface area contributed by atoms with Crippen LogP contribution in [0.15, 0.2) is 24.3 Å². The Morgan fingerprint density at radius 3 is 2.20 bits per heavy atom. The van der Waals surface area contributed by atoms with E-state index in [4.69, 9.17) is 9.84 Å². The number of quaternary nitrogens is 1. The number of carboxylic acid groups (broad SMARTS) is 1. The van der Waals surface area contributed by atoms with Crippen molar-refractivity contribution in [1.82, 2.24) is 0 Å². The average Bonchev–Trinajstić information content (AvgIpc) is 2.49. The molecule has 0 rings (SSSR count). The normalized spacial score (nSPS) is 13.8. The topological polar surface area (TPSA) is 46.5 Å². The van der Waals surface area contributed by atoms with Crippen molar-refractivity contribution in [3.05, 3.63) is 24.3 Å². The lowest BCUT2D eigenvalue weighted by molar-refractivity contribution is -0.873. The first-order chi connectivity index (χ1) is 11.8. The Morgan fingerprint density at radius 2 is 1.60 bits per heavy atom. The van der Waals surface area contributed by atoms with Crippen molar-refractivity contribution < 1.29 is 19.1 Å². The Hall–Kier alpha value is -1.13. The zero-order valence-electron chi connectivity index (χ0n) is 16.9. The number of ether oxygens (including phenoxy) is 1. The molecule has 0 fully saturated rings. The van der Waals surface area contributed by atoms with Crippen molar-refractivity contribution in [1.29, 1.82) is 0 Å². The standard InChI is InChI=1S/C21H39NO3/c1-5-6-7-8-9-10-11-12-13-14-15-16-17-25-20(18-21(23)24)19-22(2,3)4/h12-15,20H,5-11,16-19H2,1-4H3/p+1/t20-/m1/s1. The van der Waals surface area contributed by atoms with Crippen molar-refractivity contribution >= 4 is 5.97 Å². The molecule has 0 amide bonds. The van der Waals surface area contributed by atoms with Gasteiger partial charge in [0.15, 0.2) is 0 Å². The summed E-state index contributed by atoms with van der Waals surface area (Å²) in [6, 6.07) is 0. The lowest BCUT2D eigenvalue weighted by atomic mass is 10.1. The molecular weight excluding hydrogens is 314 g/mol. The van der Waals surface area contributed by atoms with Gasteiger partial charge in [-0.2, -0.15) is 0 Å². The first kappa shape index (κ1) is 23.9. The van der Waals surface area contributed by atoms with Gasteiger partial charge in [-0.3, -0.25) is 4.79 Å². The highest BCUT2D eigenvalue weighted by atomic mass is 16.5. The second kappa shape index (κ2) is 15.2. The third-order valence-corrected chi connectivity index (χ3v) is 3.90. The number of rotatable bonds is 16. The maximum absolute atomic E-state index is 10.9. The summed E-state index contributed by atoms with van der Waals surface area (Å²) in [6.45, 7) is 3.52. The van der Waals surface area contributed by atoms with Crippen LogP contribution in [0.25, 0.3) is 0 Å². The van der Waals surface area contributed by atoms with Gasteiger partial charge in [0, 0.05) is 0 Å². The molecule has 1 atom stereocenters. The molecule has 4 heteroatoms. The van der Waals surface area contributed by atoms with Crippen LogP contribution in [0, 0.1) is 0 Å². The fourth-order valence-electron chi connectivity index (χ4n) is 2.68. The van der Waals surface area contributed by atoms with Gasteiger partial charge in [-0.15, -0.1) is 0 Å². The predicted molar refractivity (Wildman–Crippen MR) is 106 cm³/mol. The first-order valence-corrected chi connectivity index (χ1v) is 9.80. The van der Waals surface area contributed by atoms with Gasteiger partial charge in [-0.25, -0.2) is 0 Å². The molecule has 25 heavy (non-hydrogen) atoms. The maximum atomic E-state index is 10.9. The highest BCUT2D eigenvalue weighted by Gasteiger charge is 2.21. The van der Waals surface area contributed by atoms with Crippen LogP contribution in [0.1, 0.15) is 64.7 Å². The summed E-state index contributed by atoms with van der Waals surface area (Å²) in [5, 5.41) is 8.97. The third-order valence-electron chi connectivity index (χ3n) is 3.90. The summed E-state index contributed by atoms with van der Waals surface area (Å²) in [4.78, 5) is 10.9. The van der Waals surface area contributed by atoms with E-state index in [9.17, 15) is 4.79 Å². The Labute approximate surface area is 155 Å². The molecule has 0 saturated carbocycles. The average molecular weight is 355 g/mol. The van der Waals surface area contributed by atoms with Gasteiger partial charge in [-0.05, 0) is 19.3 Å². The first-order valence-electron chi connectivity index (χ1n) is 9.80. The number of nitrogens with zero attached hydrogens (tertiary/aromatic N) is 1. The van der Waals surface area contributed by atoms with Crippen LogP contribution < -0.4 is 0 Å². The molecule has 0 aliphatic carbocycles. The minimum Gasteiger partial charge on any atom is -0.481 e. The van der Waals surface area contributed by atoms with Gasteiger partial charge in [0.25, 0.3) is 0 Å². The van der Waals surface area contributed by atoms with Crippen LogP contribution in [0.2, 0.25) is 0 Å². The van der Waals surface area contributed by atoms with Gasteiger partial charge in [0.2, 0.25) is 0 Å². The molecule has 0 aliphatic heterocycles. The Bertz CT molecular complexity index is 383. The maximum Gasteiger partial charge on any atom is 0.306 e. The minimum absolute atomic E-state index is 0.0669. The zero-order valence-corrected chi connectivity index (χ0v) is 16.9. The Kier molecular flexibility index (Phi) is 14.5. The molecule has 0 unspecified atom stereocenters. The number of hydrogen-bond acceptors (Lipinski definition) is 2. The van der Waals surface area contributed by atoms with E-state index in [1.54, 1.807) is 0 Å². The predicted octanol–water partition coefficient (Wildman–Crippen LogP) is 4.81. The second-order valence-electron chi connectivity index (χ2n) is 7.76.